The van der Waals surface area contributed by atoms with E-state index in [-0.39, 0.29) is 5.91 Å². The number of nitrogens with one attached hydrogen (secondary N) is 1. The summed E-state index contributed by atoms with van der Waals surface area (Å²) in [5.41, 5.74) is 7.00. The Kier molecular flexibility index (Phi) is 5.13. The number of nitrogens with zero attached hydrogens (tertiary/aromatic N) is 1. The summed E-state index contributed by atoms with van der Waals surface area (Å²) in [5.74, 6) is 1.18. The van der Waals surface area contributed by atoms with Crippen molar-refractivity contribution < 1.29 is 4.79 Å². The first kappa shape index (κ1) is 17.5. The van der Waals surface area contributed by atoms with Gasteiger partial charge in [0.15, 0.2) is 0 Å². The van der Waals surface area contributed by atoms with E-state index in [1.807, 2.05) is 17.5 Å². The number of fused-ring (bicyclic) bond motifs is 2. The number of amides is 1. The second-order valence-corrected chi connectivity index (χ2v) is 9.77. The van der Waals surface area contributed by atoms with Crippen LogP contribution in [0.15, 0.2) is 17.5 Å². The summed E-state index contributed by atoms with van der Waals surface area (Å²) in [7, 11) is 0. The first-order valence-electron chi connectivity index (χ1n) is 8.83. The van der Waals surface area contributed by atoms with Crippen LogP contribution in [0.25, 0.3) is 9.88 Å². The number of carbonyl (C=O) groups excluding carboxylic acids is 1. The Labute approximate surface area is 160 Å². The predicted molar refractivity (Wildman–Crippen MR) is 104 cm³/mol. The Morgan fingerprint density at radius 1 is 1.32 bits per heavy atom. The molecule has 2 aromatic heterocycles. The van der Waals surface area contributed by atoms with Crippen LogP contribution in [0.2, 0.25) is 4.34 Å². The fourth-order valence-electron chi connectivity index (χ4n) is 4.36. The van der Waals surface area contributed by atoms with Crippen LogP contribution >= 0.6 is 34.3 Å². The molecule has 2 atom stereocenters. The first-order chi connectivity index (χ1) is 12.1. The van der Waals surface area contributed by atoms with E-state index >= 15 is 0 Å². The van der Waals surface area contributed by atoms with E-state index in [0.29, 0.717) is 30.3 Å². The van der Waals surface area contributed by atoms with Crippen LogP contribution in [0, 0.1) is 11.8 Å². The van der Waals surface area contributed by atoms with Gasteiger partial charge >= 0.3 is 0 Å². The molecule has 0 aliphatic heterocycles. The van der Waals surface area contributed by atoms with Crippen LogP contribution in [0.5, 0.6) is 0 Å². The van der Waals surface area contributed by atoms with Crippen LogP contribution in [-0.2, 0) is 11.2 Å². The highest BCUT2D eigenvalue weighted by molar-refractivity contribution is 7.23. The summed E-state index contributed by atoms with van der Waals surface area (Å²) in [4.78, 5) is 18.2. The molecule has 7 heteroatoms. The number of hydrogen-bond donors (Lipinski definition) is 2. The number of carbonyl (C=O) groups is 1. The Morgan fingerprint density at radius 2 is 2.08 bits per heavy atom. The van der Waals surface area contributed by atoms with E-state index in [9.17, 15) is 4.79 Å². The van der Waals surface area contributed by atoms with E-state index < -0.39 is 0 Å². The van der Waals surface area contributed by atoms with Crippen molar-refractivity contribution in [1.82, 2.24) is 10.3 Å². The van der Waals surface area contributed by atoms with Gasteiger partial charge in [0.05, 0.1) is 21.3 Å². The number of thiophene rings is 1. The zero-order valence-electron chi connectivity index (χ0n) is 13.9. The number of hydrogen-bond acceptors (Lipinski definition) is 5. The van der Waals surface area contributed by atoms with E-state index in [2.05, 4.69) is 10.3 Å². The van der Waals surface area contributed by atoms with Crippen LogP contribution < -0.4 is 11.1 Å². The molecule has 2 saturated carbocycles. The van der Waals surface area contributed by atoms with Crippen LogP contribution in [0.3, 0.4) is 0 Å². The molecule has 2 aliphatic rings. The van der Waals surface area contributed by atoms with Crippen molar-refractivity contribution in [1.29, 1.82) is 0 Å². The molecule has 0 spiro atoms. The molecule has 4 nitrogen and oxygen atoms in total. The van der Waals surface area contributed by atoms with Gasteiger partial charge < -0.3 is 11.1 Å². The second kappa shape index (κ2) is 7.35. The van der Waals surface area contributed by atoms with Gasteiger partial charge in [-0.1, -0.05) is 18.0 Å². The van der Waals surface area contributed by atoms with E-state index in [1.165, 1.54) is 30.6 Å². The Hall–Kier alpha value is -0.950. The number of rotatable bonds is 4. The van der Waals surface area contributed by atoms with Gasteiger partial charge in [-0.25, -0.2) is 4.98 Å². The topological polar surface area (TPSA) is 68.0 Å². The van der Waals surface area contributed by atoms with Crippen molar-refractivity contribution in [2.75, 3.05) is 0 Å². The minimum atomic E-state index is 0.0819. The van der Waals surface area contributed by atoms with Gasteiger partial charge in [0, 0.05) is 17.5 Å². The fourth-order valence-corrected chi connectivity index (χ4v) is 6.29. The van der Waals surface area contributed by atoms with Gasteiger partial charge in [0.2, 0.25) is 5.91 Å². The van der Waals surface area contributed by atoms with Crippen molar-refractivity contribution in [3.05, 3.63) is 27.5 Å². The lowest BCUT2D eigenvalue weighted by Crippen LogP contribution is -2.54. The summed E-state index contributed by atoms with van der Waals surface area (Å²) in [5, 5.41) is 6.20. The quantitative estimate of drug-likeness (QED) is 0.819. The van der Waals surface area contributed by atoms with Gasteiger partial charge in [0.25, 0.3) is 0 Å². The molecule has 2 aliphatic carbocycles. The molecule has 25 heavy (non-hydrogen) atoms. The number of nitrogens with two attached hydrogens (primary N) is 1. The van der Waals surface area contributed by atoms with Crippen LogP contribution in [-0.4, -0.2) is 23.0 Å². The minimum absolute atomic E-state index is 0.0819. The summed E-state index contributed by atoms with van der Waals surface area (Å²) >= 11 is 9.07. The van der Waals surface area contributed by atoms with Crippen LogP contribution in [0.1, 0.15) is 37.8 Å². The molecule has 0 saturated heterocycles. The second-order valence-electron chi connectivity index (χ2n) is 7.20. The van der Waals surface area contributed by atoms with Gasteiger partial charge in [-0.05, 0) is 49.7 Å². The summed E-state index contributed by atoms with van der Waals surface area (Å²) in [6.07, 6.45) is 6.08. The van der Waals surface area contributed by atoms with E-state index in [1.54, 1.807) is 11.3 Å². The lowest BCUT2D eigenvalue weighted by molar-refractivity contribution is -0.122. The number of thiazole rings is 1. The molecule has 1 amide bonds. The summed E-state index contributed by atoms with van der Waals surface area (Å²) in [6.45, 7) is 0. The average Bonchev–Trinajstić information content (AvgIpc) is 3.17. The molecule has 2 aromatic rings. The summed E-state index contributed by atoms with van der Waals surface area (Å²) < 4.78 is 0.756. The predicted octanol–water partition coefficient (Wildman–Crippen LogP) is 4.09. The SMILES string of the molecule is NC1CC2CCCC(C1)C2NC(=O)Cc1csc(-c2ccc(Cl)s2)n1. The van der Waals surface area contributed by atoms with Crippen molar-refractivity contribution in [3.8, 4) is 9.88 Å². The lowest BCUT2D eigenvalue weighted by atomic mass is 9.67. The molecular formula is C18H22ClN3OS2. The van der Waals surface area contributed by atoms with Crippen LogP contribution in [0.4, 0.5) is 0 Å². The fraction of sp³-hybridized carbons (Fsp3) is 0.556. The molecule has 2 unspecified atom stereocenters. The molecular weight excluding hydrogens is 374 g/mol. The molecule has 4 rings (SSSR count). The molecule has 0 radical (unpaired) electrons. The third-order valence-corrected chi connectivity index (χ3v) is 7.67. The Bertz CT molecular complexity index is 745. The van der Waals surface area contributed by atoms with Crippen molar-refractivity contribution >= 4 is 40.2 Å². The highest BCUT2D eigenvalue weighted by Crippen LogP contribution is 2.39. The first-order valence-corrected chi connectivity index (χ1v) is 10.9. The summed E-state index contributed by atoms with van der Waals surface area (Å²) in [6, 6.07) is 4.46. The van der Waals surface area contributed by atoms with Gasteiger partial charge in [-0.15, -0.1) is 22.7 Å². The smallest absolute Gasteiger partial charge is 0.226 e. The molecule has 3 N–H and O–H groups in total. The zero-order chi connectivity index (χ0) is 17.4. The molecule has 0 aromatic carbocycles. The van der Waals surface area contributed by atoms with E-state index in [4.69, 9.17) is 17.3 Å². The van der Waals surface area contributed by atoms with Crippen molar-refractivity contribution in [2.24, 2.45) is 17.6 Å². The standard InChI is InChI=1S/C18H22ClN3OS2/c19-15-5-4-14(25-15)18-21-13(9-24-18)8-16(23)22-17-10-2-1-3-11(17)7-12(20)6-10/h4-5,9-12,17H,1-3,6-8,20H2,(H,22,23). The maximum Gasteiger partial charge on any atom is 0.226 e. The van der Waals surface area contributed by atoms with E-state index in [0.717, 1.165) is 32.8 Å². The molecule has 2 bridgehead atoms. The number of aromatic nitrogens is 1. The minimum Gasteiger partial charge on any atom is -0.352 e. The number of halogens is 1. The largest absolute Gasteiger partial charge is 0.352 e. The van der Waals surface area contributed by atoms with Crippen molar-refractivity contribution in [2.45, 2.75) is 50.6 Å². The average molecular weight is 396 g/mol. The maximum atomic E-state index is 12.5. The Balaban J connectivity index is 1.38. The normalized spacial score (nSPS) is 28.7. The lowest BCUT2D eigenvalue weighted by Gasteiger charge is -2.45. The monoisotopic (exact) mass is 395 g/mol. The molecule has 2 heterocycles. The van der Waals surface area contributed by atoms with Gasteiger partial charge in [-0.3, -0.25) is 4.79 Å². The third kappa shape index (κ3) is 3.92. The van der Waals surface area contributed by atoms with Crippen molar-refractivity contribution in [3.63, 3.8) is 0 Å². The highest BCUT2D eigenvalue weighted by Gasteiger charge is 2.39. The van der Waals surface area contributed by atoms with Gasteiger partial charge in [0.1, 0.15) is 5.01 Å². The highest BCUT2D eigenvalue weighted by atomic mass is 35.5. The maximum absolute atomic E-state index is 12.5. The van der Waals surface area contributed by atoms with Gasteiger partial charge in [-0.2, -0.15) is 0 Å². The Morgan fingerprint density at radius 3 is 2.76 bits per heavy atom. The molecule has 2 fully saturated rings. The third-order valence-electron chi connectivity index (χ3n) is 5.38. The molecule has 134 valence electrons. The zero-order valence-corrected chi connectivity index (χ0v) is 16.3.